The second-order valence-electron chi connectivity index (χ2n) is 7.60. The van der Waals surface area contributed by atoms with Crippen molar-refractivity contribution in [3.8, 4) is 0 Å². The third-order valence-electron chi connectivity index (χ3n) is 5.77. The maximum atomic E-state index is 5.62. The van der Waals surface area contributed by atoms with Crippen molar-refractivity contribution in [2.45, 2.75) is 13.3 Å². The zero-order valence-corrected chi connectivity index (χ0v) is 17.1. The number of nitrogens with one attached hydrogen (secondary N) is 2. The summed E-state index contributed by atoms with van der Waals surface area (Å²) >= 11 is 0. The number of pyridine rings is 1. The van der Waals surface area contributed by atoms with Crippen molar-refractivity contribution in [1.29, 1.82) is 0 Å². The highest BCUT2D eigenvalue weighted by Gasteiger charge is 2.19. The number of benzene rings is 1. The minimum Gasteiger partial charge on any atom is -0.372 e. The van der Waals surface area contributed by atoms with Gasteiger partial charge in [0.05, 0.1) is 11.2 Å². The summed E-state index contributed by atoms with van der Waals surface area (Å²) in [6.07, 6.45) is 2.45. The van der Waals surface area contributed by atoms with E-state index in [-0.39, 0.29) is 0 Å². The molecule has 0 bridgehead atoms. The maximum Gasteiger partial charge on any atom is 0.178 e. The van der Waals surface area contributed by atoms with E-state index in [1.165, 1.54) is 0 Å². The highest BCUT2D eigenvalue weighted by Crippen LogP contribution is 2.27. The van der Waals surface area contributed by atoms with Crippen LogP contribution in [0.15, 0.2) is 53.3 Å². The van der Waals surface area contributed by atoms with Gasteiger partial charge in [-0.2, -0.15) is 5.10 Å². The molecular weight excluding hydrogens is 378 g/mol. The van der Waals surface area contributed by atoms with Gasteiger partial charge < -0.3 is 19.6 Å². The van der Waals surface area contributed by atoms with Crippen LogP contribution in [-0.2, 0) is 6.42 Å². The fraction of sp³-hybridized carbons (Fsp3) is 0.318. The van der Waals surface area contributed by atoms with Crippen molar-refractivity contribution in [2.24, 2.45) is 0 Å². The van der Waals surface area contributed by atoms with E-state index in [4.69, 9.17) is 4.52 Å². The number of anilines is 2. The van der Waals surface area contributed by atoms with E-state index in [9.17, 15) is 0 Å². The third-order valence-corrected chi connectivity index (χ3v) is 5.77. The molecule has 8 heteroatoms. The first-order valence-corrected chi connectivity index (χ1v) is 10.3. The summed E-state index contributed by atoms with van der Waals surface area (Å²) in [5.74, 6) is 0.685. The Morgan fingerprint density at radius 2 is 2.10 bits per heavy atom. The number of rotatable bonds is 6. The molecule has 30 heavy (non-hydrogen) atoms. The van der Waals surface area contributed by atoms with Crippen LogP contribution in [0.5, 0.6) is 0 Å². The molecule has 4 aromatic rings. The van der Waals surface area contributed by atoms with Gasteiger partial charge in [0, 0.05) is 61.6 Å². The van der Waals surface area contributed by atoms with E-state index in [0.29, 0.717) is 12.2 Å². The lowest BCUT2D eigenvalue weighted by molar-refractivity contribution is 0.163. The first-order valence-electron chi connectivity index (χ1n) is 10.3. The van der Waals surface area contributed by atoms with Crippen molar-refractivity contribution in [3.05, 3.63) is 54.5 Å². The van der Waals surface area contributed by atoms with Crippen LogP contribution in [0.2, 0.25) is 0 Å². The molecule has 8 nitrogen and oxygen atoms in total. The molecule has 4 heterocycles. The topological polar surface area (TPSA) is 86.1 Å². The molecule has 0 amide bonds. The number of hydrogen-bond acceptors (Lipinski definition) is 7. The standard InChI is InChI=1S/C22H25N7O/c1-3-28-9-11-29(12-10-28)15(2)13-19-17-7-6-16(14-20(17)30-27-19)24-22-21-18(25-26-22)5-4-8-23-21/h4-8,14H,2-3,9-13H2,1H3,(H2,24,25,26). The molecule has 1 fully saturated rings. The largest absolute Gasteiger partial charge is 0.372 e. The number of allylic oxidation sites excluding steroid dienone is 1. The van der Waals surface area contributed by atoms with Crippen molar-refractivity contribution in [3.63, 3.8) is 0 Å². The molecule has 0 unspecified atom stereocenters. The van der Waals surface area contributed by atoms with Crippen LogP contribution < -0.4 is 5.32 Å². The van der Waals surface area contributed by atoms with Crippen LogP contribution in [0.4, 0.5) is 11.5 Å². The molecular formula is C22H25N7O. The summed E-state index contributed by atoms with van der Waals surface area (Å²) in [6, 6.07) is 9.81. The van der Waals surface area contributed by atoms with E-state index in [1.807, 2.05) is 30.3 Å². The van der Waals surface area contributed by atoms with Crippen LogP contribution in [0.1, 0.15) is 12.6 Å². The molecule has 2 N–H and O–H groups in total. The SMILES string of the molecule is C=C(Cc1noc2cc(Nc3n[nH]c4cccnc34)ccc12)N1CCN(CC)CC1. The Kier molecular flexibility index (Phi) is 4.84. The van der Waals surface area contributed by atoms with Crippen LogP contribution in [0.25, 0.3) is 22.0 Å². The van der Waals surface area contributed by atoms with E-state index in [2.05, 4.69) is 49.0 Å². The molecule has 154 valence electrons. The second kappa shape index (κ2) is 7.79. The molecule has 5 rings (SSSR count). The fourth-order valence-corrected chi connectivity index (χ4v) is 3.96. The van der Waals surface area contributed by atoms with Gasteiger partial charge in [-0.1, -0.05) is 18.7 Å². The molecule has 1 aromatic carbocycles. The molecule has 0 atom stereocenters. The molecule has 0 spiro atoms. The van der Waals surface area contributed by atoms with Gasteiger partial charge in [0.2, 0.25) is 0 Å². The molecule has 0 radical (unpaired) electrons. The molecule has 0 aliphatic carbocycles. The van der Waals surface area contributed by atoms with E-state index in [0.717, 1.165) is 71.8 Å². The number of fused-ring (bicyclic) bond motifs is 2. The number of aromatic nitrogens is 4. The monoisotopic (exact) mass is 403 g/mol. The van der Waals surface area contributed by atoms with Crippen LogP contribution >= 0.6 is 0 Å². The van der Waals surface area contributed by atoms with Crippen molar-refractivity contribution < 1.29 is 4.52 Å². The molecule has 1 aliphatic heterocycles. The number of aromatic amines is 1. The summed E-state index contributed by atoms with van der Waals surface area (Å²) in [7, 11) is 0. The molecule has 1 saturated heterocycles. The van der Waals surface area contributed by atoms with Crippen molar-refractivity contribution in [2.75, 3.05) is 38.0 Å². The third kappa shape index (κ3) is 3.50. The highest BCUT2D eigenvalue weighted by molar-refractivity contribution is 5.89. The van der Waals surface area contributed by atoms with E-state index < -0.39 is 0 Å². The quantitative estimate of drug-likeness (QED) is 0.509. The number of piperazine rings is 1. The zero-order chi connectivity index (χ0) is 20.5. The Balaban J connectivity index is 1.31. The Labute approximate surface area is 174 Å². The summed E-state index contributed by atoms with van der Waals surface area (Å²) in [4.78, 5) is 9.20. The van der Waals surface area contributed by atoms with E-state index in [1.54, 1.807) is 6.20 Å². The second-order valence-corrected chi connectivity index (χ2v) is 7.60. The number of hydrogen-bond donors (Lipinski definition) is 2. The number of H-pyrrole nitrogens is 1. The lowest BCUT2D eigenvalue weighted by Gasteiger charge is -2.36. The summed E-state index contributed by atoms with van der Waals surface area (Å²) in [5.41, 5.74) is 5.32. The van der Waals surface area contributed by atoms with Gasteiger partial charge in [-0.25, -0.2) is 0 Å². The van der Waals surface area contributed by atoms with Gasteiger partial charge in [0.1, 0.15) is 5.52 Å². The van der Waals surface area contributed by atoms with Gasteiger partial charge in [-0.3, -0.25) is 10.1 Å². The van der Waals surface area contributed by atoms with Crippen LogP contribution in [-0.4, -0.2) is 62.9 Å². The smallest absolute Gasteiger partial charge is 0.178 e. The maximum absolute atomic E-state index is 5.62. The predicted octanol–water partition coefficient (Wildman–Crippen LogP) is 3.54. The molecule has 0 saturated carbocycles. The molecule has 1 aliphatic rings. The van der Waals surface area contributed by atoms with Gasteiger partial charge in [0.15, 0.2) is 11.4 Å². The summed E-state index contributed by atoms with van der Waals surface area (Å²) < 4.78 is 5.62. The van der Waals surface area contributed by atoms with Gasteiger partial charge in [-0.05, 0) is 30.8 Å². The average molecular weight is 403 g/mol. The van der Waals surface area contributed by atoms with Gasteiger partial charge in [-0.15, -0.1) is 0 Å². The Morgan fingerprint density at radius 1 is 1.23 bits per heavy atom. The van der Waals surface area contributed by atoms with Gasteiger partial charge >= 0.3 is 0 Å². The lowest BCUT2D eigenvalue weighted by Crippen LogP contribution is -2.45. The first-order chi connectivity index (χ1) is 14.7. The van der Waals surface area contributed by atoms with Crippen molar-refractivity contribution >= 4 is 33.5 Å². The Bertz CT molecular complexity index is 1190. The Morgan fingerprint density at radius 3 is 2.93 bits per heavy atom. The highest BCUT2D eigenvalue weighted by atomic mass is 16.5. The molecule has 3 aromatic heterocycles. The van der Waals surface area contributed by atoms with Gasteiger partial charge in [0.25, 0.3) is 0 Å². The summed E-state index contributed by atoms with van der Waals surface area (Å²) in [6.45, 7) is 11.8. The Hall–Kier alpha value is -3.39. The fourth-order valence-electron chi connectivity index (χ4n) is 3.96. The average Bonchev–Trinajstić information content (AvgIpc) is 3.38. The zero-order valence-electron chi connectivity index (χ0n) is 17.1. The van der Waals surface area contributed by atoms with Crippen LogP contribution in [0.3, 0.4) is 0 Å². The minimum atomic E-state index is 0.685. The normalized spacial score (nSPS) is 15.2. The number of nitrogens with zero attached hydrogens (tertiary/aromatic N) is 5. The minimum absolute atomic E-state index is 0.685. The lowest BCUT2D eigenvalue weighted by atomic mass is 10.1. The first kappa shape index (κ1) is 18.6. The summed E-state index contributed by atoms with van der Waals surface area (Å²) in [5, 5.41) is 15.9. The van der Waals surface area contributed by atoms with Crippen LogP contribution in [0, 0.1) is 0 Å². The van der Waals surface area contributed by atoms with Crippen molar-refractivity contribution in [1.82, 2.24) is 30.1 Å². The number of likely N-dealkylation sites (N-methyl/N-ethyl adjacent to an activating group) is 1. The van der Waals surface area contributed by atoms with E-state index >= 15 is 0 Å². The predicted molar refractivity (Wildman–Crippen MR) is 118 cm³/mol.